The number of hydrogen-bond acceptors (Lipinski definition) is 5. The molecule has 1 atom stereocenters. The SMILES string of the molecule is Cn1c(=O)c2c(nc(N)n2C[C@@H](O)c2ccccc2)n(C)c1=O. The van der Waals surface area contributed by atoms with Crippen LogP contribution in [0.3, 0.4) is 0 Å². The zero-order chi connectivity index (χ0) is 16.7. The van der Waals surface area contributed by atoms with Crippen molar-refractivity contribution in [2.45, 2.75) is 12.6 Å². The summed E-state index contributed by atoms with van der Waals surface area (Å²) in [6.45, 7) is 0.0692. The molecule has 0 radical (unpaired) electrons. The van der Waals surface area contributed by atoms with Crippen molar-refractivity contribution in [3.63, 3.8) is 0 Å². The van der Waals surface area contributed by atoms with E-state index >= 15 is 0 Å². The Hall–Kier alpha value is -2.87. The lowest BCUT2D eigenvalue weighted by Gasteiger charge is -2.13. The highest BCUT2D eigenvalue weighted by molar-refractivity contribution is 5.73. The van der Waals surface area contributed by atoms with Crippen LogP contribution >= 0.6 is 0 Å². The minimum Gasteiger partial charge on any atom is -0.387 e. The third-order valence-corrected chi connectivity index (χ3v) is 3.92. The molecule has 0 aliphatic carbocycles. The summed E-state index contributed by atoms with van der Waals surface area (Å²) in [6.07, 6.45) is -0.849. The highest BCUT2D eigenvalue weighted by atomic mass is 16.3. The molecule has 8 heteroatoms. The lowest BCUT2D eigenvalue weighted by molar-refractivity contribution is 0.158. The van der Waals surface area contributed by atoms with Crippen molar-refractivity contribution in [1.82, 2.24) is 18.7 Å². The molecule has 0 amide bonds. The number of nitrogen functional groups attached to an aromatic ring is 1. The van der Waals surface area contributed by atoms with E-state index in [1.165, 1.54) is 23.2 Å². The molecule has 1 aromatic carbocycles. The maximum Gasteiger partial charge on any atom is 0.332 e. The Balaban J connectivity index is 2.17. The number of anilines is 1. The molecule has 0 aliphatic heterocycles. The van der Waals surface area contributed by atoms with Gasteiger partial charge in [0.15, 0.2) is 11.2 Å². The molecule has 8 nitrogen and oxygen atoms in total. The van der Waals surface area contributed by atoms with Gasteiger partial charge >= 0.3 is 5.69 Å². The summed E-state index contributed by atoms with van der Waals surface area (Å²) in [6, 6.07) is 9.05. The Morgan fingerprint density at radius 3 is 2.48 bits per heavy atom. The molecule has 0 spiro atoms. The van der Waals surface area contributed by atoms with E-state index in [1.54, 1.807) is 12.1 Å². The van der Waals surface area contributed by atoms with Crippen molar-refractivity contribution >= 4 is 17.1 Å². The van der Waals surface area contributed by atoms with Crippen LogP contribution in [0.4, 0.5) is 5.95 Å². The molecule has 120 valence electrons. The normalized spacial score (nSPS) is 12.7. The van der Waals surface area contributed by atoms with E-state index in [4.69, 9.17) is 5.73 Å². The molecular weight excluding hydrogens is 298 g/mol. The monoisotopic (exact) mass is 315 g/mol. The number of benzene rings is 1. The highest BCUT2D eigenvalue weighted by Gasteiger charge is 2.20. The van der Waals surface area contributed by atoms with Crippen LogP contribution in [0.5, 0.6) is 0 Å². The molecule has 0 unspecified atom stereocenters. The van der Waals surface area contributed by atoms with Crippen LogP contribution in [0, 0.1) is 0 Å². The number of hydrogen-bond donors (Lipinski definition) is 2. The second-order valence-electron chi connectivity index (χ2n) is 5.39. The average Bonchev–Trinajstić information content (AvgIpc) is 2.88. The number of imidazole rings is 1. The summed E-state index contributed by atoms with van der Waals surface area (Å²) in [5.74, 6) is 0.0771. The molecule has 0 saturated heterocycles. The van der Waals surface area contributed by atoms with E-state index in [0.717, 1.165) is 4.57 Å². The number of aryl methyl sites for hydroxylation is 1. The maximum absolute atomic E-state index is 12.4. The molecule has 0 bridgehead atoms. The second-order valence-corrected chi connectivity index (χ2v) is 5.39. The van der Waals surface area contributed by atoms with Crippen molar-refractivity contribution in [3.05, 3.63) is 56.7 Å². The summed E-state index contributed by atoms with van der Waals surface area (Å²) in [5.41, 5.74) is 6.03. The van der Waals surface area contributed by atoms with Gasteiger partial charge in [-0.2, -0.15) is 4.98 Å². The van der Waals surface area contributed by atoms with Crippen LogP contribution in [0.25, 0.3) is 11.2 Å². The minimum atomic E-state index is -0.849. The smallest absolute Gasteiger partial charge is 0.332 e. The summed E-state index contributed by atoms with van der Waals surface area (Å²) >= 11 is 0. The van der Waals surface area contributed by atoms with Gasteiger partial charge < -0.3 is 15.4 Å². The number of rotatable bonds is 3. The molecule has 2 aromatic heterocycles. The molecule has 3 N–H and O–H groups in total. The molecule has 2 heterocycles. The quantitative estimate of drug-likeness (QED) is 0.693. The fourth-order valence-corrected chi connectivity index (χ4v) is 2.60. The van der Waals surface area contributed by atoms with Gasteiger partial charge in [-0.25, -0.2) is 4.79 Å². The zero-order valence-corrected chi connectivity index (χ0v) is 12.8. The minimum absolute atomic E-state index is 0.0692. The molecule has 0 aliphatic rings. The Labute approximate surface area is 131 Å². The maximum atomic E-state index is 12.4. The number of aliphatic hydroxyl groups is 1. The zero-order valence-electron chi connectivity index (χ0n) is 12.8. The van der Waals surface area contributed by atoms with E-state index in [1.807, 2.05) is 18.2 Å². The Bertz CT molecular complexity index is 984. The summed E-state index contributed by atoms with van der Waals surface area (Å²) in [7, 11) is 2.92. The third-order valence-electron chi connectivity index (χ3n) is 3.92. The first-order valence-electron chi connectivity index (χ1n) is 7.06. The van der Waals surface area contributed by atoms with Crippen LogP contribution in [0.15, 0.2) is 39.9 Å². The van der Waals surface area contributed by atoms with E-state index in [2.05, 4.69) is 4.98 Å². The fourth-order valence-electron chi connectivity index (χ4n) is 2.60. The first-order chi connectivity index (χ1) is 10.9. The first kappa shape index (κ1) is 15.0. The van der Waals surface area contributed by atoms with E-state index in [-0.39, 0.29) is 23.7 Å². The lowest BCUT2D eigenvalue weighted by atomic mass is 10.1. The second kappa shape index (κ2) is 5.40. The van der Waals surface area contributed by atoms with Crippen molar-refractivity contribution in [1.29, 1.82) is 0 Å². The molecule has 3 rings (SSSR count). The van der Waals surface area contributed by atoms with Gasteiger partial charge in [-0.05, 0) is 5.56 Å². The van der Waals surface area contributed by atoms with Gasteiger partial charge in [0.05, 0.1) is 12.6 Å². The van der Waals surface area contributed by atoms with Crippen molar-refractivity contribution < 1.29 is 5.11 Å². The van der Waals surface area contributed by atoms with Gasteiger partial charge in [0, 0.05) is 14.1 Å². The molecular formula is C15H17N5O3. The van der Waals surface area contributed by atoms with Crippen LogP contribution < -0.4 is 17.0 Å². The third kappa shape index (κ3) is 2.33. The van der Waals surface area contributed by atoms with E-state index in [0.29, 0.717) is 5.56 Å². The number of nitrogens with two attached hydrogens (primary N) is 1. The van der Waals surface area contributed by atoms with E-state index < -0.39 is 17.4 Å². The number of aromatic nitrogens is 4. The Morgan fingerprint density at radius 1 is 1.17 bits per heavy atom. The van der Waals surface area contributed by atoms with Crippen LogP contribution in [-0.2, 0) is 20.6 Å². The van der Waals surface area contributed by atoms with Gasteiger partial charge in [-0.1, -0.05) is 30.3 Å². The lowest BCUT2D eigenvalue weighted by Crippen LogP contribution is -2.37. The highest BCUT2D eigenvalue weighted by Crippen LogP contribution is 2.19. The molecule has 23 heavy (non-hydrogen) atoms. The fraction of sp³-hybridized carbons (Fsp3) is 0.267. The summed E-state index contributed by atoms with van der Waals surface area (Å²) < 4.78 is 3.70. The Morgan fingerprint density at radius 2 is 1.83 bits per heavy atom. The van der Waals surface area contributed by atoms with Crippen LogP contribution in [0.2, 0.25) is 0 Å². The van der Waals surface area contributed by atoms with E-state index in [9.17, 15) is 14.7 Å². The standard InChI is InChI=1S/C15H17N5O3/c1-18-12-11(13(22)19(2)15(18)23)20(14(16)17-12)8-10(21)9-6-4-3-5-7-9/h3-7,10,21H,8H2,1-2H3,(H2,16,17)/t10-/m1/s1. The van der Waals surface area contributed by atoms with Crippen molar-refractivity contribution in [2.75, 3.05) is 5.73 Å². The Kier molecular flexibility index (Phi) is 3.53. The van der Waals surface area contributed by atoms with Gasteiger partial charge in [-0.15, -0.1) is 0 Å². The predicted octanol–water partition coefficient (Wildman–Crippen LogP) is -0.251. The summed E-state index contributed by atoms with van der Waals surface area (Å²) in [4.78, 5) is 28.5. The topological polar surface area (TPSA) is 108 Å². The average molecular weight is 315 g/mol. The number of nitrogens with zero attached hydrogens (tertiary/aromatic N) is 4. The summed E-state index contributed by atoms with van der Waals surface area (Å²) in [5, 5.41) is 10.4. The first-order valence-corrected chi connectivity index (χ1v) is 7.06. The van der Waals surface area contributed by atoms with Crippen LogP contribution in [-0.4, -0.2) is 23.8 Å². The largest absolute Gasteiger partial charge is 0.387 e. The number of aliphatic hydroxyl groups excluding tert-OH is 1. The molecule has 0 fully saturated rings. The van der Waals surface area contributed by atoms with Gasteiger partial charge in [0.25, 0.3) is 5.56 Å². The van der Waals surface area contributed by atoms with Crippen molar-refractivity contribution in [2.24, 2.45) is 14.1 Å². The molecule has 3 aromatic rings. The van der Waals surface area contributed by atoms with Gasteiger partial charge in [0.1, 0.15) is 0 Å². The molecule has 0 saturated carbocycles. The van der Waals surface area contributed by atoms with Crippen LogP contribution in [0.1, 0.15) is 11.7 Å². The van der Waals surface area contributed by atoms with Gasteiger partial charge in [0.2, 0.25) is 5.95 Å². The van der Waals surface area contributed by atoms with Gasteiger partial charge in [-0.3, -0.25) is 13.9 Å². The van der Waals surface area contributed by atoms with Crippen molar-refractivity contribution in [3.8, 4) is 0 Å². The number of fused-ring (bicyclic) bond motifs is 1. The predicted molar refractivity (Wildman–Crippen MR) is 86.0 cm³/mol.